The lowest BCUT2D eigenvalue weighted by Crippen LogP contribution is -2.15. The normalized spacial score (nSPS) is 12.4. The molecule has 0 unspecified atom stereocenters. The average Bonchev–Trinajstić information content (AvgIpc) is 3.18. The summed E-state index contributed by atoms with van der Waals surface area (Å²) in [4.78, 5) is 17.7. The number of hydrogen-bond donors (Lipinski definition) is 0. The van der Waals surface area contributed by atoms with E-state index in [0.29, 0.717) is 62.4 Å². The molecule has 0 saturated heterocycles. The number of fused-ring (bicyclic) bond motifs is 1. The van der Waals surface area contributed by atoms with E-state index in [1.54, 1.807) is 39.3 Å². The minimum Gasteiger partial charge on any atom is -0.493 e. The van der Waals surface area contributed by atoms with E-state index in [9.17, 15) is 4.79 Å². The number of thiazole rings is 1. The van der Waals surface area contributed by atoms with Crippen LogP contribution in [0, 0.1) is 6.92 Å². The van der Waals surface area contributed by atoms with Crippen molar-refractivity contribution in [3.8, 4) is 33.6 Å². The Kier molecular flexibility index (Phi) is 6.20. The van der Waals surface area contributed by atoms with Gasteiger partial charge in [0, 0.05) is 17.2 Å². The molecular weight excluding hydrogens is 442 g/mol. The first kappa shape index (κ1) is 21.3. The van der Waals surface area contributed by atoms with Crippen LogP contribution in [-0.2, 0) is 11.3 Å². The molecular formula is C22H20ClNO6S. The SMILES string of the molecule is COc1ccc(-c2nc(C)c(C(=O)OCc3cc4c(cc3Cl)OCCO4)s2)cc1OC. The third-order valence-corrected chi connectivity index (χ3v) is 6.22. The van der Waals surface area contributed by atoms with Crippen molar-refractivity contribution >= 4 is 28.9 Å². The molecule has 9 heteroatoms. The number of rotatable bonds is 6. The van der Waals surface area contributed by atoms with Crippen molar-refractivity contribution in [2.75, 3.05) is 27.4 Å². The second kappa shape index (κ2) is 9.03. The van der Waals surface area contributed by atoms with Gasteiger partial charge in [-0.1, -0.05) is 11.6 Å². The van der Waals surface area contributed by atoms with E-state index in [2.05, 4.69) is 4.98 Å². The van der Waals surface area contributed by atoms with Crippen molar-refractivity contribution in [1.29, 1.82) is 0 Å². The highest BCUT2D eigenvalue weighted by Gasteiger charge is 2.20. The summed E-state index contributed by atoms with van der Waals surface area (Å²) in [5.74, 6) is 1.92. The fourth-order valence-electron chi connectivity index (χ4n) is 3.10. The number of ether oxygens (including phenoxy) is 5. The standard InChI is InChI=1S/C22H20ClNO6S/c1-12-20(31-21(24-12)13-4-5-16(26-2)17(8-13)27-3)22(25)30-11-14-9-18-19(10-15(14)23)29-7-6-28-18/h4-5,8-10H,6-7,11H2,1-3H3. The first-order chi connectivity index (χ1) is 15.0. The average molecular weight is 462 g/mol. The molecule has 31 heavy (non-hydrogen) atoms. The summed E-state index contributed by atoms with van der Waals surface area (Å²) >= 11 is 7.56. The zero-order valence-corrected chi connectivity index (χ0v) is 18.8. The Bertz CT molecular complexity index is 1130. The number of hydrogen-bond acceptors (Lipinski definition) is 8. The smallest absolute Gasteiger partial charge is 0.350 e. The molecule has 1 aliphatic heterocycles. The molecule has 0 saturated carbocycles. The summed E-state index contributed by atoms with van der Waals surface area (Å²) in [7, 11) is 3.15. The van der Waals surface area contributed by atoms with Gasteiger partial charge in [-0.3, -0.25) is 0 Å². The van der Waals surface area contributed by atoms with Crippen molar-refractivity contribution in [1.82, 2.24) is 4.98 Å². The van der Waals surface area contributed by atoms with Crippen LogP contribution < -0.4 is 18.9 Å². The topological polar surface area (TPSA) is 76.1 Å². The zero-order valence-electron chi connectivity index (χ0n) is 17.2. The van der Waals surface area contributed by atoms with Crippen molar-refractivity contribution in [2.24, 2.45) is 0 Å². The fourth-order valence-corrected chi connectivity index (χ4v) is 4.27. The van der Waals surface area contributed by atoms with Crippen LogP contribution in [0.5, 0.6) is 23.0 Å². The number of aromatic nitrogens is 1. The van der Waals surface area contributed by atoms with Crippen LogP contribution in [0.2, 0.25) is 5.02 Å². The van der Waals surface area contributed by atoms with Gasteiger partial charge in [0.15, 0.2) is 23.0 Å². The van der Waals surface area contributed by atoms with E-state index in [0.717, 1.165) is 5.56 Å². The molecule has 0 aliphatic carbocycles. The van der Waals surface area contributed by atoms with Crippen molar-refractivity contribution in [3.05, 3.63) is 51.5 Å². The van der Waals surface area contributed by atoms with Crippen LogP contribution in [0.1, 0.15) is 20.9 Å². The van der Waals surface area contributed by atoms with Gasteiger partial charge < -0.3 is 23.7 Å². The maximum atomic E-state index is 12.7. The van der Waals surface area contributed by atoms with Gasteiger partial charge in [0.2, 0.25) is 0 Å². The summed E-state index contributed by atoms with van der Waals surface area (Å²) in [5, 5.41) is 1.13. The summed E-state index contributed by atoms with van der Waals surface area (Å²) in [5.41, 5.74) is 2.05. The Morgan fingerprint density at radius 3 is 2.52 bits per heavy atom. The monoisotopic (exact) mass is 461 g/mol. The van der Waals surface area contributed by atoms with Crippen LogP contribution in [0.3, 0.4) is 0 Å². The van der Waals surface area contributed by atoms with Crippen LogP contribution >= 0.6 is 22.9 Å². The number of carbonyl (C=O) groups excluding carboxylic acids is 1. The van der Waals surface area contributed by atoms with E-state index in [1.165, 1.54) is 11.3 Å². The first-order valence-electron chi connectivity index (χ1n) is 9.45. The maximum Gasteiger partial charge on any atom is 0.350 e. The zero-order chi connectivity index (χ0) is 22.0. The Hall–Kier alpha value is -2.97. The summed E-state index contributed by atoms with van der Waals surface area (Å²) in [6.07, 6.45) is 0. The van der Waals surface area contributed by atoms with Gasteiger partial charge in [-0.25, -0.2) is 9.78 Å². The van der Waals surface area contributed by atoms with Gasteiger partial charge in [0.25, 0.3) is 0 Å². The van der Waals surface area contributed by atoms with Crippen LogP contribution in [0.4, 0.5) is 0 Å². The Labute approximate surface area is 188 Å². The first-order valence-corrected chi connectivity index (χ1v) is 10.6. The van der Waals surface area contributed by atoms with E-state index < -0.39 is 5.97 Å². The molecule has 2 heterocycles. The lowest BCUT2D eigenvalue weighted by Gasteiger charge is -2.19. The summed E-state index contributed by atoms with van der Waals surface area (Å²) in [6.45, 7) is 2.73. The number of esters is 1. The quantitative estimate of drug-likeness (QED) is 0.482. The molecule has 3 aromatic rings. The number of aryl methyl sites for hydroxylation is 1. The van der Waals surface area contributed by atoms with E-state index in [4.69, 9.17) is 35.3 Å². The predicted molar refractivity (Wildman–Crippen MR) is 117 cm³/mol. The summed E-state index contributed by atoms with van der Waals surface area (Å²) < 4.78 is 27.2. The third kappa shape index (κ3) is 4.40. The van der Waals surface area contributed by atoms with E-state index in [1.807, 2.05) is 12.1 Å². The molecule has 0 amide bonds. The Balaban J connectivity index is 1.51. The highest BCUT2D eigenvalue weighted by atomic mass is 35.5. The van der Waals surface area contributed by atoms with Gasteiger partial charge in [-0.05, 0) is 31.2 Å². The van der Waals surface area contributed by atoms with Gasteiger partial charge in [0.1, 0.15) is 29.7 Å². The number of benzene rings is 2. The van der Waals surface area contributed by atoms with Crippen LogP contribution in [0.25, 0.3) is 10.6 Å². The van der Waals surface area contributed by atoms with Gasteiger partial charge in [-0.2, -0.15) is 0 Å². The molecule has 1 aromatic heterocycles. The van der Waals surface area contributed by atoms with Gasteiger partial charge in [-0.15, -0.1) is 11.3 Å². The molecule has 7 nitrogen and oxygen atoms in total. The Morgan fingerprint density at radius 2 is 1.81 bits per heavy atom. The Morgan fingerprint density at radius 1 is 1.10 bits per heavy atom. The van der Waals surface area contributed by atoms with Crippen molar-refractivity contribution in [2.45, 2.75) is 13.5 Å². The molecule has 0 atom stereocenters. The molecule has 1 aliphatic rings. The molecule has 162 valence electrons. The molecule has 2 aromatic carbocycles. The number of nitrogens with zero attached hydrogens (tertiary/aromatic N) is 1. The van der Waals surface area contributed by atoms with E-state index >= 15 is 0 Å². The predicted octanol–water partition coefficient (Wildman–Crippen LogP) is 4.92. The maximum absolute atomic E-state index is 12.7. The highest BCUT2D eigenvalue weighted by Crippen LogP contribution is 2.37. The van der Waals surface area contributed by atoms with Gasteiger partial charge in [0.05, 0.1) is 24.9 Å². The number of carbonyl (C=O) groups is 1. The lowest BCUT2D eigenvalue weighted by atomic mass is 10.2. The highest BCUT2D eigenvalue weighted by molar-refractivity contribution is 7.17. The lowest BCUT2D eigenvalue weighted by molar-refractivity contribution is 0.0477. The van der Waals surface area contributed by atoms with Crippen molar-refractivity contribution in [3.63, 3.8) is 0 Å². The molecule has 0 radical (unpaired) electrons. The van der Waals surface area contributed by atoms with Crippen LogP contribution in [0.15, 0.2) is 30.3 Å². The minimum absolute atomic E-state index is 0.0112. The minimum atomic E-state index is -0.465. The fraction of sp³-hybridized carbons (Fsp3) is 0.273. The third-order valence-electron chi connectivity index (χ3n) is 4.68. The van der Waals surface area contributed by atoms with Crippen molar-refractivity contribution < 1.29 is 28.5 Å². The molecule has 0 N–H and O–H groups in total. The van der Waals surface area contributed by atoms with Crippen LogP contribution in [-0.4, -0.2) is 38.4 Å². The molecule has 4 rings (SSSR count). The largest absolute Gasteiger partial charge is 0.493 e. The number of methoxy groups -OCH3 is 2. The molecule has 0 bridgehead atoms. The number of halogens is 1. The van der Waals surface area contributed by atoms with E-state index in [-0.39, 0.29) is 6.61 Å². The molecule has 0 spiro atoms. The second-order valence-electron chi connectivity index (χ2n) is 6.67. The summed E-state index contributed by atoms with van der Waals surface area (Å²) in [6, 6.07) is 8.89. The molecule has 0 fully saturated rings. The second-order valence-corrected chi connectivity index (χ2v) is 8.07. The van der Waals surface area contributed by atoms with Gasteiger partial charge >= 0.3 is 5.97 Å².